The van der Waals surface area contributed by atoms with Crippen LogP contribution in [0.2, 0.25) is 5.02 Å². The summed E-state index contributed by atoms with van der Waals surface area (Å²) in [5, 5.41) is 11.9. The normalized spacial score (nSPS) is 12.2. The lowest BCUT2D eigenvalue weighted by Crippen LogP contribution is -2.25. The Balaban J connectivity index is 1.66. The van der Waals surface area contributed by atoms with Gasteiger partial charge >= 0.3 is 0 Å². The van der Waals surface area contributed by atoms with Crippen LogP contribution in [0.15, 0.2) is 42.7 Å². The van der Waals surface area contributed by atoms with Gasteiger partial charge in [0.1, 0.15) is 6.04 Å². The van der Waals surface area contributed by atoms with Crippen LogP contribution < -0.4 is 5.32 Å². The summed E-state index contributed by atoms with van der Waals surface area (Å²) >= 11 is 6.00. The molecule has 1 N–H and O–H groups in total. The molecule has 1 atom stereocenters. The quantitative estimate of drug-likeness (QED) is 0.758. The van der Waals surface area contributed by atoms with E-state index in [0.29, 0.717) is 17.4 Å². The molecule has 0 aliphatic heterocycles. The molecule has 3 aromatic rings. The summed E-state index contributed by atoms with van der Waals surface area (Å²) in [5.74, 6) is 0.323. The third kappa shape index (κ3) is 3.91. The molecule has 6 nitrogen and oxygen atoms in total. The highest BCUT2D eigenvalue weighted by Crippen LogP contribution is 2.19. The SMILES string of the molecule is Cc1cccc(Cn2ccc(NC(=O)C(C)n3ncc(Cl)c3C)n2)c1. The third-order valence-corrected chi connectivity index (χ3v) is 4.42. The molecule has 0 fully saturated rings. The molecule has 1 aromatic carbocycles. The van der Waals surface area contributed by atoms with Crippen LogP contribution >= 0.6 is 11.6 Å². The first-order valence-corrected chi connectivity index (χ1v) is 8.41. The third-order valence-electron chi connectivity index (χ3n) is 4.05. The maximum atomic E-state index is 12.4. The van der Waals surface area contributed by atoms with Crippen molar-refractivity contribution in [3.8, 4) is 0 Å². The fourth-order valence-corrected chi connectivity index (χ4v) is 2.78. The molecule has 3 rings (SSSR count). The molecule has 0 bridgehead atoms. The second kappa shape index (κ2) is 7.11. The number of nitrogens with one attached hydrogen (secondary N) is 1. The van der Waals surface area contributed by atoms with Gasteiger partial charge in [-0.2, -0.15) is 10.2 Å². The summed E-state index contributed by atoms with van der Waals surface area (Å²) in [4.78, 5) is 12.4. The number of nitrogens with zero attached hydrogens (tertiary/aromatic N) is 4. The molecule has 1 unspecified atom stereocenters. The lowest BCUT2D eigenvalue weighted by Gasteiger charge is -2.13. The van der Waals surface area contributed by atoms with Crippen molar-refractivity contribution in [2.45, 2.75) is 33.4 Å². The van der Waals surface area contributed by atoms with Gasteiger partial charge in [-0.25, -0.2) is 0 Å². The number of aromatic nitrogens is 4. The summed E-state index contributed by atoms with van der Waals surface area (Å²) in [6.45, 7) is 6.31. The van der Waals surface area contributed by atoms with Crippen molar-refractivity contribution < 1.29 is 4.79 Å². The zero-order valence-electron chi connectivity index (χ0n) is 14.4. The molecule has 130 valence electrons. The van der Waals surface area contributed by atoms with E-state index in [4.69, 9.17) is 11.6 Å². The minimum Gasteiger partial charge on any atom is -0.307 e. The molecular weight excluding hydrogens is 338 g/mol. The van der Waals surface area contributed by atoms with Crippen molar-refractivity contribution >= 4 is 23.3 Å². The highest BCUT2D eigenvalue weighted by molar-refractivity contribution is 6.31. The van der Waals surface area contributed by atoms with Crippen molar-refractivity contribution in [2.75, 3.05) is 5.32 Å². The summed E-state index contributed by atoms with van der Waals surface area (Å²) in [7, 11) is 0. The monoisotopic (exact) mass is 357 g/mol. The van der Waals surface area contributed by atoms with Gasteiger partial charge in [-0.1, -0.05) is 41.4 Å². The molecule has 0 spiro atoms. The van der Waals surface area contributed by atoms with Crippen LogP contribution in [0.25, 0.3) is 0 Å². The van der Waals surface area contributed by atoms with Crippen LogP contribution in [0, 0.1) is 13.8 Å². The van der Waals surface area contributed by atoms with E-state index in [1.807, 2.05) is 19.2 Å². The molecule has 1 amide bonds. The van der Waals surface area contributed by atoms with Gasteiger partial charge < -0.3 is 5.32 Å². The number of halogens is 1. The summed E-state index contributed by atoms with van der Waals surface area (Å²) in [5.41, 5.74) is 3.13. The fourth-order valence-electron chi connectivity index (χ4n) is 2.65. The molecule has 7 heteroatoms. The average Bonchev–Trinajstić information content (AvgIpc) is 3.14. The van der Waals surface area contributed by atoms with Gasteiger partial charge in [0, 0.05) is 12.3 Å². The average molecular weight is 358 g/mol. The molecule has 2 heterocycles. The topological polar surface area (TPSA) is 64.7 Å². The molecule has 2 aromatic heterocycles. The number of benzene rings is 1. The number of hydrogen-bond donors (Lipinski definition) is 1. The van der Waals surface area contributed by atoms with E-state index < -0.39 is 6.04 Å². The second-order valence-electron chi connectivity index (χ2n) is 6.08. The highest BCUT2D eigenvalue weighted by atomic mass is 35.5. The predicted octanol–water partition coefficient (Wildman–Crippen LogP) is 3.60. The van der Waals surface area contributed by atoms with Gasteiger partial charge in [0.2, 0.25) is 5.91 Å². The number of hydrogen-bond acceptors (Lipinski definition) is 3. The van der Waals surface area contributed by atoms with Crippen molar-refractivity contribution in [1.82, 2.24) is 19.6 Å². The van der Waals surface area contributed by atoms with Gasteiger partial charge in [-0.3, -0.25) is 14.2 Å². The molecular formula is C18H20ClN5O. The molecule has 0 saturated carbocycles. The van der Waals surface area contributed by atoms with Crippen LogP contribution in [0.4, 0.5) is 5.82 Å². The fraction of sp³-hybridized carbons (Fsp3) is 0.278. The van der Waals surface area contributed by atoms with E-state index in [0.717, 1.165) is 11.3 Å². The van der Waals surface area contributed by atoms with E-state index >= 15 is 0 Å². The maximum absolute atomic E-state index is 12.4. The number of carbonyl (C=O) groups is 1. The first-order valence-electron chi connectivity index (χ1n) is 8.03. The lowest BCUT2D eigenvalue weighted by molar-refractivity contribution is -0.119. The maximum Gasteiger partial charge on any atom is 0.250 e. The van der Waals surface area contributed by atoms with Crippen LogP contribution in [0.1, 0.15) is 29.8 Å². The summed E-state index contributed by atoms with van der Waals surface area (Å²) < 4.78 is 3.40. The number of aryl methyl sites for hydroxylation is 1. The summed E-state index contributed by atoms with van der Waals surface area (Å²) in [6, 6.07) is 9.56. The minimum absolute atomic E-state index is 0.191. The second-order valence-corrected chi connectivity index (χ2v) is 6.48. The number of carbonyl (C=O) groups excluding carboxylic acids is 1. The standard InChI is InChI=1S/C18H20ClN5O/c1-12-5-4-6-15(9-12)11-23-8-7-17(22-23)21-18(25)14(3)24-13(2)16(19)10-20-24/h4-10,14H,11H2,1-3H3,(H,21,22,25). The van der Waals surface area contributed by atoms with E-state index in [1.54, 1.807) is 22.4 Å². The Kier molecular flexibility index (Phi) is 4.90. The van der Waals surface area contributed by atoms with E-state index in [-0.39, 0.29) is 5.91 Å². The Morgan fingerprint density at radius 2 is 2.12 bits per heavy atom. The lowest BCUT2D eigenvalue weighted by atomic mass is 10.1. The predicted molar refractivity (Wildman–Crippen MR) is 97.8 cm³/mol. The van der Waals surface area contributed by atoms with Crippen LogP contribution in [0.5, 0.6) is 0 Å². The van der Waals surface area contributed by atoms with Crippen molar-refractivity contribution in [3.05, 3.63) is 64.6 Å². The molecule has 0 aliphatic carbocycles. The first-order chi connectivity index (χ1) is 11.9. The van der Waals surface area contributed by atoms with Gasteiger partial charge in [0.15, 0.2) is 5.82 Å². The smallest absolute Gasteiger partial charge is 0.250 e. The zero-order chi connectivity index (χ0) is 18.0. The highest BCUT2D eigenvalue weighted by Gasteiger charge is 2.19. The van der Waals surface area contributed by atoms with Gasteiger partial charge in [0.25, 0.3) is 0 Å². The number of rotatable bonds is 5. The number of amides is 1. The number of anilines is 1. The van der Waals surface area contributed by atoms with Gasteiger partial charge in [-0.05, 0) is 26.3 Å². The van der Waals surface area contributed by atoms with Crippen molar-refractivity contribution in [2.24, 2.45) is 0 Å². The molecule has 0 aliphatic rings. The largest absolute Gasteiger partial charge is 0.307 e. The zero-order valence-corrected chi connectivity index (χ0v) is 15.2. The van der Waals surface area contributed by atoms with Crippen LogP contribution in [-0.2, 0) is 11.3 Å². The molecule has 0 saturated heterocycles. The summed E-state index contributed by atoms with van der Waals surface area (Å²) in [6.07, 6.45) is 3.38. The Hall–Kier alpha value is -2.60. The minimum atomic E-state index is -0.477. The van der Waals surface area contributed by atoms with Crippen molar-refractivity contribution in [1.29, 1.82) is 0 Å². The Morgan fingerprint density at radius 1 is 1.32 bits per heavy atom. The van der Waals surface area contributed by atoms with E-state index in [2.05, 4.69) is 40.6 Å². The van der Waals surface area contributed by atoms with Crippen LogP contribution in [0.3, 0.4) is 0 Å². The van der Waals surface area contributed by atoms with Gasteiger partial charge in [-0.15, -0.1) is 0 Å². The Bertz CT molecular complexity index is 899. The van der Waals surface area contributed by atoms with Crippen molar-refractivity contribution in [3.63, 3.8) is 0 Å². The molecule has 25 heavy (non-hydrogen) atoms. The molecule has 0 radical (unpaired) electrons. The van der Waals surface area contributed by atoms with Crippen LogP contribution in [-0.4, -0.2) is 25.5 Å². The Labute approximate surface area is 151 Å². The van der Waals surface area contributed by atoms with Gasteiger partial charge in [0.05, 0.1) is 23.5 Å². The van der Waals surface area contributed by atoms with E-state index in [9.17, 15) is 4.79 Å². The Morgan fingerprint density at radius 3 is 2.80 bits per heavy atom. The first kappa shape index (κ1) is 17.2. The van der Waals surface area contributed by atoms with E-state index in [1.165, 1.54) is 11.8 Å².